The van der Waals surface area contributed by atoms with Crippen molar-refractivity contribution >= 4 is 27.8 Å². The van der Waals surface area contributed by atoms with Crippen LogP contribution in [0.2, 0.25) is 0 Å². The first-order valence-electron chi connectivity index (χ1n) is 6.06. The van der Waals surface area contributed by atoms with Crippen LogP contribution in [0.25, 0.3) is 0 Å². The van der Waals surface area contributed by atoms with Crippen molar-refractivity contribution in [2.24, 2.45) is 7.05 Å². The molecule has 7 nitrogen and oxygen atoms in total. The van der Waals surface area contributed by atoms with Crippen molar-refractivity contribution in [2.75, 3.05) is 5.75 Å². The Bertz CT molecular complexity index is 653. The van der Waals surface area contributed by atoms with Gasteiger partial charge >= 0.3 is 5.97 Å². The maximum absolute atomic E-state index is 12.8. The van der Waals surface area contributed by atoms with E-state index in [1.807, 2.05) is 0 Å². The Labute approximate surface area is 122 Å². The molecule has 1 N–H and O–H groups in total. The van der Waals surface area contributed by atoms with E-state index < -0.39 is 27.4 Å². The second-order valence-electron chi connectivity index (χ2n) is 4.75. The molecule has 0 saturated carbocycles. The van der Waals surface area contributed by atoms with Crippen molar-refractivity contribution in [3.05, 3.63) is 11.4 Å². The molecule has 2 heterocycles. The molecule has 1 aromatic heterocycles. The molecule has 2 unspecified atom stereocenters. The van der Waals surface area contributed by atoms with Crippen LogP contribution < -0.4 is 0 Å². The Kier molecular flexibility index (Phi) is 3.87. The van der Waals surface area contributed by atoms with Crippen LogP contribution >= 0.6 is 11.8 Å². The van der Waals surface area contributed by atoms with Crippen LogP contribution in [0.3, 0.4) is 0 Å². The SMILES string of the molecule is Cc1nn(C)c(C)c1S(=O)(=O)N1C(C)SCC1C(=O)O. The van der Waals surface area contributed by atoms with Gasteiger partial charge in [0.15, 0.2) is 0 Å². The summed E-state index contributed by atoms with van der Waals surface area (Å²) in [5, 5.41) is 12.9. The van der Waals surface area contributed by atoms with Gasteiger partial charge in [0, 0.05) is 12.8 Å². The van der Waals surface area contributed by atoms with Gasteiger partial charge in [-0.15, -0.1) is 11.8 Å². The molecule has 2 atom stereocenters. The molecule has 0 bridgehead atoms. The van der Waals surface area contributed by atoms with E-state index in [1.165, 1.54) is 16.4 Å². The van der Waals surface area contributed by atoms with Crippen molar-refractivity contribution in [1.29, 1.82) is 0 Å². The number of carboxylic acids is 1. The van der Waals surface area contributed by atoms with Crippen LogP contribution in [-0.4, -0.2) is 50.7 Å². The van der Waals surface area contributed by atoms with Gasteiger partial charge in [0.2, 0.25) is 10.0 Å². The number of hydrogen-bond acceptors (Lipinski definition) is 5. The summed E-state index contributed by atoms with van der Waals surface area (Å²) >= 11 is 1.32. The van der Waals surface area contributed by atoms with E-state index >= 15 is 0 Å². The Morgan fingerprint density at radius 1 is 1.45 bits per heavy atom. The van der Waals surface area contributed by atoms with Crippen LogP contribution in [-0.2, 0) is 21.9 Å². The molecular weight excluding hydrogens is 302 g/mol. The van der Waals surface area contributed by atoms with Gasteiger partial charge in [0.25, 0.3) is 0 Å². The largest absolute Gasteiger partial charge is 0.480 e. The number of aliphatic carboxylic acids is 1. The lowest BCUT2D eigenvalue weighted by molar-refractivity contribution is -0.140. The zero-order chi connectivity index (χ0) is 15.2. The molecule has 0 spiro atoms. The normalized spacial score (nSPS) is 24.2. The van der Waals surface area contributed by atoms with Crippen LogP contribution in [0, 0.1) is 13.8 Å². The highest BCUT2D eigenvalue weighted by Gasteiger charge is 2.46. The van der Waals surface area contributed by atoms with Crippen molar-refractivity contribution in [3.63, 3.8) is 0 Å². The molecular formula is C11H17N3O4S2. The van der Waals surface area contributed by atoms with E-state index in [0.717, 1.165) is 4.31 Å². The number of hydrogen-bond donors (Lipinski definition) is 1. The molecule has 20 heavy (non-hydrogen) atoms. The standard InChI is InChI=1S/C11H17N3O4S2/c1-6-10(7(2)13(4)12-6)20(17,18)14-8(3)19-5-9(14)11(15)16/h8-9H,5H2,1-4H3,(H,15,16). The van der Waals surface area contributed by atoms with E-state index in [1.54, 1.807) is 27.8 Å². The van der Waals surface area contributed by atoms with Gasteiger partial charge in [0.05, 0.1) is 16.8 Å². The molecule has 1 aromatic rings. The van der Waals surface area contributed by atoms with Crippen molar-refractivity contribution in [2.45, 2.75) is 37.1 Å². The quantitative estimate of drug-likeness (QED) is 0.876. The average Bonchev–Trinajstić information content (AvgIpc) is 2.81. The zero-order valence-electron chi connectivity index (χ0n) is 11.7. The summed E-state index contributed by atoms with van der Waals surface area (Å²) in [4.78, 5) is 11.4. The minimum absolute atomic E-state index is 0.112. The van der Waals surface area contributed by atoms with Gasteiger partial charge in [0.1, 0.15) is 10.9 Å². The van der Waals surface area contributed by atoms with Gasteiger partial charge in [-0.05, 0) is 20.8 Å². The summed E-state index contributed by atoms with van der Waals surface area (Å²) in [6.45, 7) is 4.98. The lowest BCUT2D eigenvalue weighted by Gasteiger charge is -2.24. The van der Waals surface area contributed by atoms with E-state index in [9.17, 15) is 18.3 Å². The molecule has 1 aliphatic rings. The van der Waals surface area contributed by atoms with Crippen LogP contribution in [0.4, 0.5) is 0 Å². The van der Waals surface area contributed by atoms with Crippen LogP contribution in [0.15, 0.2) is 4.90 Å². The van der Waals surface area contributed by atoms with E-state index in [0.29, 0.717) is 11.4 Å². The number of nitrogens with zero attached hydrogens (tertiary/aromatic N) is 3. The highest BCUT2D eigenvalue weighted by atomic mass is 32.2. The van der Waals surface area contributed by atoms with Crippen molar-refractivity contribution in [3.8, 4) is 0 Å². The summed E-state index contributed by atoms with van der Waals surface area (Å²) in [7, 11) is -2.21. The topological polar surface area (TPSA) is 92.5 Å². The molecule has 1 aliphatic heterocycles. The molecule has 0 radical (unpaired) electrons. The maximum Gasteiger partial charge on any atom is 0.322 e. The summed E-state index contributed by atoms with van der Waals surface area (Å²) in [6.07, 6.45) is 0. The van der Waals surface area contributed by atoms with Gasteiger partial charge in [-0.3, -0.25) is 9.48 Å². The summed E-state index contributed by atoms with van der Waals surface area (Å²) < 4.78 is 28.2. The van der Waals surface area contributed by atoms with Crippen molar-refractivity contribution in [1.82, 2.24) is 14.1 Å². The fourth-order valence-corrected chi connectivity index (χ4v) is 6.10. The highest BCUT2D eigenvalue weighted by Crippen LogP contribution is 2.35. The smallest absolute Gasteiger partial charge is 0.322 e. The predicted molar refractivity (Wildman–Crippen MR) is 75.1 cm³/mol. The molecule has 9 heteroatoms. The summed E-state index contributed by atoms with van der Waals surface area (Å²) in [6, 6.07) is -1.03. The van der Waals surface area contributed by atoms with Crippen molar-refractivity contribution < 1.29 is 18.3 Å². The number of carboxylic acid groups (broad SMARTS) is 1. The third-order valence-electron chi connectivity index (χ3n) is 3.42. The Morgan fingerprint density at radius 2 is 2.05 bits per heavy atom. The van der Waals surface area contributed by atoms with Gasteiger partial charge < -0.3 is 5.11 Å². The molecule has 112 valence electrons. The monoisotopic (exact) mass is 319 g/mol. The molecule has 2 rings (SSSR count). The van der Waals surface area contributed by atoms with Crippen LogP contribution in [0.1, 0.15) is 18.3 Å². The lowest BCUT2D eigenvalue weighted by Crippen LogP contribution is -2.44. The first kappa shape index (κ1) is 15.3. The van der Waals surface area contributed by atoms with Gasteiger partial charge in [-0.2, -0.15) is 9.40 Å². The summed E-state index contributed by atoms with van der Waals surface area (Å²) in [5.74, 6) is -0.863. The molecule has 0 aromatic carbocycles. The fourth-order valence-electron chi connectivity index (χ4n) is 2.41. The first-order valence-corrected chi connectivity index (χ1v) is 8.55. The lowest BCUT2D eigenvalue weighted by atomic mass is 10.3. The van der Waals surface area contributed by atoms with E-state index in [4.69, 9.17) is 0 Å². The Hall–Kier alpha value is -1.06. The third kappa shape index (κ3) is 2.23. The molecule has 1 fully saturated rings. The zero-order valence-corrected chi connectivity index (χ0v) is 13.3. The fraction of sp³-hybridized carbons (Fsp3) is 0.636. The number of thioether (sulfide) groups is 1. The summed E-state index contributed by atoms with van der Waals surface area (Å²) in [5.41, 5.74) is 0.897. The number of sulfonamides is 1. The number of carbonyl (C=O) groups is 1. The second-order valence-corrected chi connectivity index (χ2v) is 7.87. The molecule has 1 saturated heterocycles. The third-order valence-corrected chi connectivity index (χ3v) is 7.01. The Morgan fingerprint density at radius 3 is 2.50 bits per heavy atom. The predicted octanol–water partition coefficient (Wildman–Crippen LogP) is 0.574. The maximum atomic E-state index is 12.8. The van der Waals surface area contributed by atoms with Gasteiger partial charge in [-0.25, -0.2) is 8.42 Å². The first-order chi connectivity index (χ1) is 9.17. The van der Waals surface area contributed by atoms with E-state index in [-0.39, 0.29) is 10.6 Å². The average molecular weight is 319 g/mol. The van der Waals surface area contributed by atoms with Gasteiger partial charge in [-0.1, -0.05) is 0 Å². The number of aryl methyl sites for hydroxylation is 2. The molecule has 0 amide bonds. The van der Waals surface area contributed by atoms with Crippen LogP contribution in [0.5, 0.6) is 0 Å². The molecule has 0 aliphatic carbocycles. The number of rotatable bonds is 3. The number of aromatic nitrogens is 2. The highest BCUT2D eigenvalue weighted by molar-refractivity contribution is 8.01. The Balaban J connectivity index is 2.57. The minimum atomic E-state index is -3.87. The minimum Gasteiger partial charge on any atom is -0.480 e. The second kappa shape index (κ2) is 5.05. The van der Waals surface area contributed by atoms with E-state index in [2.05, 4.69) is 5.10 Å².